The molecule has 1 saturated carbocycles. The van der Waals surface area contributed by atoms with Crippen LogP contribution in [0.2, 0.25) is 0 Å². The van der Waals surface area contributed by atoms with Gasteiger partial charge in [0.1, 0.15) is 0 Å². The smallest absolute Gasteiger partial charge is 0.338 e. The summed E-state index contributed by atoms with van der Waals surface area (Å²) in [6.45, 7) is 4.19. The quantitative estimate of drug-likeness (QED) is 0.635. The second kappa shape index (κ2) is 6.14. The Balaban J connectivity index is 1.83. The molecule has 1 heterocycles. The van der Waals surface area contributed by atoms with Gasteiger partial charge in [-0.15, -0.1) is 0 Å². The van der Waals surface area contributed by atoms with Crippen molar-refractivity contribution in [1.82, 2.24) is 0 Å². The molecule has 1 aliphatic carbocycles. The first kappa shape index (κ1) is 15.7. The van der Waals surface area contributed by atoms with Crippen LogP contribution in [-0.2, 0) is 14.3 Å². The van der Waals surface area contributed by atoms with Crippen molar-refractivity contribution < 1.29 is 19.1 Å². The number of hydrogen-bond acceptors (Lipinski definition) is 4. The second-order valence-electron chi connectivity index (χ2n) is 6.41. The number of rotatable bonds is 3. The first-order chi connectivity index (χ1) is 11.0. The number of benzene rings is 1. The van der Waals surface area contributed by atoms with Crippen LogP contribution in [0.4, 0.5) is 5.69 Å². The molecule has 2 aliphatic rings. The van der Waals surface area contributed by atoms with Crippen LogP contribution < -0.4 is 4.90 Å². The predicted octanol–water partition coefficient (Wildman–Crippen LogP) is 2.79. The molecule has 2 amide bonds. The summed E-state index contributed by atoms with van der Waals surface area (Å²) >= 11 is 0. The fourth-order valence-electron chi connectivity index (χ4n) is 3.61. The van der Waals surface area contributed by atoms with Crippen LogP contribution >= 0.6 is 0 Å². The van der Waals surface area contributed by atoms with Crippen molar-refractivity contribution >= 4 is 23.5 Å². The van der Waals surface area contributed by atoms with E-state index in [-0.39, 0.29) is 23.7 Å². The van der Waals surface area contributed by atoms with Crippen molar-refractivity contribution in [2.24, 2.45) is 17.8 Å². The van der Waals surface area contributed by atoms with Gasteiger partial charge in [0.25, 0.3) is 0 Å². The zero-order valence-electron chi connectivity index (χ0n) is 13.5. The number of imide groups is 1. The van der Waals surface area contributed by atoms with Crippen LogP contribution in [0.15, 0.2) is 24.3 Å². The molecule has 0 radical (unpaired) electrons. The molecule has 2 fully saturated rings. The van der Waals surface area contributed by atoms with Crippen molar-refractivity contribution in [2.45, 2.75) is 33.1 Å². The standard InChI is InChI=1S/C18H21NO4/c1-3-23-18(22)12-5-7-13(8-6-12)19-16(20)14-9-4-11(2)10-15(14)17(19)21/h5-8,11,14-15H,3-4,9-10H2,1-2H3/t11-,14+,15-/m0/s1. The van der Waals surface area contributed by atoms with Crippen molar-refractivity contribution in [3.8, 4) is 0 Å². The van der Waals surface area contributed by atoms with Crippen molar-refractivity contribution in [1.29, 1.82) is 0 Å². The zero-order valence-corrected chi connectivity index (χ0v) is 13.5. The number of carbonyl (C=O) groups excluding carboxylic acids is 3. The third-order valence-electron chi connectivity index (χ3n) is 4.82. The van der Waals surface area contributed by atoms with Crippen molar-refractivity contribution in [2.75, 3.05) is 11.5 Å². The number of nitrogens with zero attached hydrogens (tertiary/aromatic N) is 1. The van der Waals surface area contributed by atoms with Gasteiger partial charge in [0.05, 0.1) is 29.7 Å². The number of ether oxygens (including phenoxy) is 1. The Bertz CT molecular complexity index is 637. The molecule has 3 atom stereocenters. The molecule has 1 aromatic carbocycles. The van der Waals surface area contributed by atoms with Gasteiger partial charge in [-0.25, -0.2) is 4.79 Å². The Morgan fingerprint density at radius 1 is 1.13 bits per heavy atom. The van der Waals surface area contributed by atoms with E-state index in [1.807, 2.05) is 0 Å². The van der Waals surface area contributed by atoms with Crippen molar-refractivity contribution in [3.05, 3.63) is 29.8 Å². The largest absolute Gasteiger partial charge is 0.462 e. The maximum absolute atomic E-state index is 12.6. The lowest BCUT2D eigenvalue weighted by atomic mass is 9.76. The molecule has 0 N–H and O–H groups in total. The average molecular weight is 315 g/mol. The average Bonchev–Trinajstić information content (AvgIpc) is 2.79. The minimum absolute atomic E-state index is 0.101. The van der Waals surface area contributed by atoms with Crippen LogP contribution in [0.5, 0.6) is 0 Å². The molecule has 1 aromatic rings. The van der Waals surface area contributed by atoms with Gasteiger partial charge >= 0.3 is 5.97 Å². The van der Waals surface area contributed by atoms with Gasteiger partial charge in [0.15, 0.2) is 0 Å². The Morgan fingerprint density at radius 3 is 2.43 bits per heavy atom. The van der Waals surface area contributed by atoms with Gasteiger partial charge in [0, 0.05) is 0 Å². The third kappa shape index (κ3) is 2.76. The minimum Gasteiger partial charge on any atom is -0.462 e. The Labute approximate surface area is 135 Å². The molecular weight excluding hydrogens is 294 g/mol. The maximum atomic E-state index is 12.6. The maximum Gasteiger partial charge on any atom is 0.338 e. The van der Waals surface area contributed by atoms with Crippen LogP contribution in [0.3, 0.4) is 0 Å². The molecule has 0 aromatic heterocycles. The summed E-state index contributed by atoms with van der Waals surface area (Å²) in [6.07, 6.45) is 2.57. The number of amides is 2. The third-order valence-corrected chi connectivity index (χ3v) is 4.82. The summed E-state index contributed by atoms with van der Waals surface area (Å²) in [4.78, 5) is 38.2. The molecule has 1 saturated heterocycles. The van der Waals surface area contributed by atoms with E-state index < -0.39 is 5.97 Å². The van der Waals surface area contributed by atoms with E-state index in [2.05, 4.69) is 6.92 Å². The molecule has 0 unspecified atom stereocenters. The number of carbonyl (C=O) groups is 3. The van der Waals surface area contributed by atoms with E-state index in [0.717, 1.165) is 19.3 Å². The molecule has 122 valence electrons. The first-order valence-corrected chi connectivity index (χ1v) is 8.18. The predicted molar refractivity (Wildman–Crippen MR) is 84.9 cm³/mol. The van der Waals surface area contributed by atoms with Crippen LogP contribution in [-0.4, -0.2) is 24.4 Å². The Kier molecular flexibility index (Phi) is 4.20. The molecule has 23 heavy (non-hydrogen) atoms. The highest BCUT2D eigenvalue weighted by molar-refractivity contribution is 6.22. The molecule has 3 rings (SSSR count). The molecule has 5 nitrogen and oxygen atoms in total. The van der Waals surface area contributed by atoms with Gasteiger partial charge in [-0.2, -0.15) is 0 Å². The topological polar surface area (TPSA) is 63.7 Å². The minimum atomic E-state index is -0.402. The van der Waals surface area contributed by atoms with Crippen molar-refractivity contribution in [3.63, 3.8) is 0 Å². The first-order valence-electron chi connectivity index (χ1n) is 8.18. The summed E-state index contributed by atoms with van der Waals surface area (Å²) in [5.74, 6) is -0.481. The summed E-state index contributed by atoms with van der Waals surface area (Å²) in [5, 5.41) is 0. The van der Waals surface area contributed by atoms with Gasteiger partial charge in [0.2, 0.25) is 11.8 Å². The lowest BCUT2D eigenvalue weighted by Crippen LogP contribution is -2.30. The monoisotopic (exact) mass is 315 g/mol. The number of anilines is 1. The molecular formula is C18H21NO4. The molecule has 0 bridgehead atoms. The van der Waals surface area contributed by atoms with Gasteiger partial charge < -0.3 is 4.74 Å². The molecule has 1 aliphatic heterocycles. The van der Waals surface area contributed by atoms with E-state index >= 15 is 0 Å². The van der Waals surface area contributed by atoms with E-state index in [0.29, 0.717) is 23.8 Å². The number of fused-ring (bicyclic) bond motifs is 1. The van der Waals surface area contributed by atoms with E-state index in [1.165, 1.54) is 4.90 Å². The lowest BCUT2D eigenvalue weighted by Gasteiger charge is -2.25. The van der Waals surface area contributed by atoms with Gasteiger partial charge in [-0.3, -0.25) is 14.5 Å². The SMILES string of the molecule is CCOC(=O)c1ccc(N2C(=O)[C@H]3C[C@@H](C)CC[C@H]3C2=O)cc1. The highest BCUT2D eigenvalue weighted by Gasteiger charge is 2.49. The van der Waals surface area contributed by atoms with E-state index in [1.54, 1.807) is 31.2 Å². The van der Waals surface area contributed by atoms with Gasteiger partial charge in [-0.1, -0.05) is 6.92 Å². The Hall–Kier alpha value is -2.17. The number of hydrogen-bond donors (Lipinski definition) is 0. The summed E-state index contributed by atoms with van der Waals surface area (Å²) < 4.78 is 4.94. The highest BCUT2D eigenvalue weighted by Crippen LogP contribution is 2.42. The fraction of sp³-hybridized carbons (Fsp3) is 0.500. The summed E-state index contributed by atoms with van der Waals surface area (Å²) in [5.41, 5.74) is 0.954. The molecule has 0 spiro atoms. The highest BCUT2D eigenvalue weighted by atomic mass is 16.5. The fourth-order valence-corrected chi connectivity index (χ4v) is 3.61. The summed E-state index contributed by atoms with van der Waals surface area (Å²) in [7, 11) is 0. The normalized spacial score (nSPS) is 27.0. The van der Waals surface area contributed by atoms with Crippen LogP contribution in [0, 0.1) is 17.8 Å². The van der Waals surface area contributed by atoms with Crippen LogP contribution in [0.1, 0.15) is 43.5 Å². The lowest BCUT2D eigenvalue weighted by molar-refractivity contribution is -0.122. The Morgan fingerprint density at radius 2 is 1.78 bits per heavy atom. The van der Waals surface area contributed by atoms with E-state index in [4.69, 9.17) is 4.74 Å². The summed E-state index contributed by atoms with van der Waals surface area (Å²) in [6, 6.07) is 6.47. The van der Waals surface area contributed by atoms with Gasteiger partial charge in [-0.05, 0) is 56.4 Å². The van der Waals surface area contributed by atoms with Crippen LogP contribution in [0.25, 0.3) is 0 Å². The number of esters is 1. The second-order valence-corrected chi connectivity index (χ2v) is 6.41. The van der Waals surface area contributed by atoms with E-state index in [9.17, 15) is 14.4 Å². The zero-order chi connectivity index (χ0) is 16.6. The molecule has 5 heteroatoms.